The molecule has 0 heterocycles. The number of hydrogen-bond donors (Lipinski definition) is 0. The lowest BCUT2D eigenvalue weighted by Gasteiger charge is -1.96. The summed E-state index contributed by atoms with van der Waals surface area (Å²) in [6, 6.07) is 9.43. The fraction of sp³-hybridized carbons (Fsp3) is 0.143. The SMILES string of the molecule is O=S(Cl)OCc1ccccc1. The first kappa shape index (κ1) is 8.71. The van der Waals surface area contributed by atoms with Crippen molar-refractivity contribution in [3.05, 3.63) is 35.9 Å². The zero-order valence-corrected chi connectivity index (χ0v) is 7.27. The molecule has 1 atom stereocenters. The lowest BCUT2D eigenvalue weighted by Crippen LogP contribution is -1.90. The lowest BCUT2D eigenvalue weighted by molar-refractivity contribution is 0.345. The molecule has 0 aromatic heterocycles. The van der Waals surface area contributed by atoms with E-state index < -0.39 is 10.3 Å². The van der Waals surface area contributed by atoms with Crippen LogP contribution in [0.2, 0.25) is 0 Å². The molecular weight excluding hydrogens is 184 g/mol. The average Bonchev–Trinajstić information content (AvgIpc) is 2.03. The number of hydrogen-bond acceptors (Lipinski definition) is 2. The Morgan fingerprint density at radius 3 is 2.55 bits per heavy atom. The van der Waals surface area contributed by atoms with Crippen molar-refractivity contribution in [1.29, 1.82) is 0 Å². The van der Waals surface area contributed by atoms with Gasteiger partial charge in [0.15, 0.2) is 0 Å². The Morgan fingerprint density at radius 2 is 2.00 bits per heavy atom. The van der Waals surface area contributed by atoms with Crippen molar-refractivity contribution in [3.8, 4) is 0 Å². The Balaban J connectivity index is 2.45. The number of benzene rings is 1. The van der Waals surface area contributed by atoms with Crippen molar-refractivity contribution in [2.45, 2.75) is 6.61 Å². The van der Waals surface area contributed by atoms with Crippen molar-refractivity contribution >= 4 is 21.0 Å². The normalized spacial score (nSPS) is 12.8. The van der Waals surface area contributed by atoms with Crippen molar-refractivity contribution in [1.82, 2.24) is 0 Å². The Morgan fingerprint density at radius 1 is 1.36 bits per heavy atom. The van der Waals surface area contributed by atoms with E-state index in [0.717, 1.165) is 5.56 Å². The summed E-state index contributed by atoms with van der Waals surface area (Å²) in [4.78, 5) is 0. The largest absolute Gasteiger partial charge is 0.273 e. The van der Waals surface area contributed by atoms with Crippen LogP contribution in [0.3, 0.4) is 0 Å². The van der Waals surface area contributed by atoms with Crippen LogP contribution in [-0.2, 0) is 21.1 Å². The van der Waals surface area contributed by atoms with Crippen LogP contribution in [0.1, 0.15) is 5.56 Å². The van der Waals surface area contributed by atoms with Crippen molar-refractivity contribution < 1.29 is 8.39 Å². The Hall–Kier alpha value is -0.380. The molecule has 1 rings (SSSR count). The van der Waals surface area contributed by atoms with Gasteiger partial charge < -0.3 is 0 Å². The maximum atomic E-state index is 10.3. The molecule has 4 heteroatoms. The molecule has 0 aliphatic carbocycles. The monoisotopic (exact) mass is 190 g/mol. The topological polar surface area (TPSA) is 26.3 Å². The molecule has 0 bridgehead atoms. The summed E-state index contributed by atoms with van der Waals surface area (Å²) in [6.45, 7) is 0.289. The second kappa shape index (κ2) is 4.49. The van der Waals surface area contributed by atoms with Crippen LogP contribution in [-0.4, -0.2) is 4.21 Å². The third-order valence-corrected chi connectivity index (χ3v) is 1.73. The molecule has 1 unspecified atom stereocenters. The first-order valence-corrected chi connectivity index (χ1v) is 4.94. The van der Waals surface area contributed by atoms with E-state index in [0.29, 0.717) is 0 Å². The van der Waals surface area contributed by atoms with Gasteiger partial charge in [0, 0.05) is 10.7 Å². The van der Waals surface area contributed by atoms with E-state index in [9.17, 15) is 4.21 Å². The Labute approximate surface area is 72.3 Å². The van der Waals surface area contributed by atoms with Gasteiger partial charge in [-0.3, -0.25) is 4.18 Å². The van der Waals surface area contributed by atoms with Crippen LogP contribution in [0.4, 0.5) is 0 Å². The molecule has 0 saturated heterocycles. The molecule has 0 fully saturated rings. The van der Waals surface area contributed by atoms with Gasteiger partial charge in [-0.15, -0.1) is 0 Å². The van der Waals surface area contributed by atoms with E-state index in [1.807, 2.05) is 30.3 Å². The zero-order valence-electron chi connectivity index (χ0n) is 5.70. The maximum absolute atomic E-state index is 10.3. The molecule has 60 valence electrons. The molecule has 0 N–H and O–H groups in total. The van der Waals surface area contributed by atoms with E-state index in [1.165, 1.54) is 0 Å². The van der Waals surface area contributed by atoms with Crippen molar-refractivity contribution in [3.63, 3.8) is 0 Å². The predicted molar refractivity (Wildman–Crippen MR) is 45.2 cm³/mol. The third-order valence-electron chi connectivity index (χ3n) is 1.16. The van der Waals surface area contributed by atoms with Gasteiger partial charge in [-0.25, -0.2) is 4.21 Å². The molecular formula is C7H7ClO2S. The summed E-state index contributed by atoms with van der Waals surface area (Å²) in [5.74, 6) is 0. The van der Waals surface area contributed by atoms with E-state index in [-0.39, 0.29) is 6.61 Å². The van der Waals surface area contributed by atoms with Crippen LogP contribution >= 0.6 is 10.7 Å². The molecule has 11 heavy (non-hydrogen) atoms. The summed E-state index contributed by atoms with van der Waals surface area (Å²) in [6.07, 6.45) is 0. The lowest BCUT2D eigenvalue weighted by atomic mass is 10.2. The second-order valence-corrected chi connectivity index (χ2v) is 3.32. The molecule has 0 spiro atoms. The molecule has 1 aromatic carbocycles. The number of rotatable bonds is 3. The third kappa shape index (κ3) is 3.51. The summed E-state index contributed by atoms with van der Waals surface area (Å²) < 4.78 is 14.9. The minimum absolute atomic E-state index is 0.289. The molecule has 1 aromatic rings. The van der Waals surface area contributed by atoms with Gasteiger partial charge in [-0.1, -0.05) is 30.3 Å². The summed E-state index contributed by atoms with van der Waals surface area (Å²) in [5, 5.41) is 0. The maximum Gasteiger partial charge on any atom is 0.256 e. The predicted octanol–water partition coefficient (Wildman–Crippen LogP) is 2.02. The molecule has 0 aliphatic rings. The van der Waals surface area contributed by atoms with Gasteiger partial charge >= 0.3 is 0 Å². The van der Waals surface area contributed by atoms with Gasteiger partial charge in [0.05, 0.1) is 6.61 Å². The Kier molecular flexibility index (Phi) is 3.56. The highest BCUT2D eigenvalue weighted by atomic mass is 35.7. The Bertz CT molecular complexity index is 237. The summed E-state index contributed by atoms with van der Waals surface area (Å²) in [5.41, 5.74) is 0.960. The molecule has 0 radical (unpaired) electrons. The van der Waals surface area contributed by atoms with E-state index >= 15 is 0 Å². The van der Waals surface area contributed by atoms with E-state index in [2.05, 4.69) is 4.18 Å². The van der Waals surface area contributed by atoms with Crippen LogP contribution < -0.4 is 0 Å². The summed E-state index contributed by atoms with van der Waals surface area (Å²) >= 11 is 0. The fourth-order valence-electron chi connectivity index (χ4n) is 0.689. The molecule has 0 amide bonds. The van der Waals surface area contributed by atoms with Crippen LogP contribution in [0.25, 0.3) is 0 Å². The minimum Gasteiger partial charge on any atom is -0.273 e. The smallest absolute Gasteiger partial charge is 0.256 e. The van der Waals surface area contributed by atoms with E-state index in [1.54, 1.807) is 0 Å². The van der Waals surface area contributed by atoms with Crippen molar-refractivity contribution in [2.24, 2.45) is 0 Å². The number of halogens is 1. The van der Waals surface area contributed by atoms with E-state index in [4.69, 9.17) is 10.7 Å². The fourth-order valence-corrected chi connectivity index (χ4v) is 1.05. The summed E-state index contributed by atoms with van der Waals surface area (Å²) in [7, 11) is 3.38. The van der Waals surface area contributed by atoms with Gasteiger partial charge in [0.2, 0.25) is 0 Å². The highest BCUT2D eigenvalue weighted by Crippen LogP contribution is 2.03. The van der Waals surface area contributed by atoms with Gasteiger partial charge in [-0.05, 0) is 5.56 Å². The highest BCUT2D eigenvalue weighted by Gasteiger charge is 1.94. The average molecular weight is 191 g/mol. The molecule has 0 aliphatic heterocycles. The molecule has 2 nitrogen and oxygen atoms in total. The standard InChI is InChI=1S/C7H7ClO2S/c8-11(9)10-6-7-4-2-1-3-5-7/h1-5H,6H2. The van der Waals surface area contributed by atoms with Crippen LogP contribution in [0.15, 0.2) is 30.3 Å². The first-order valence-electron chi connectivity index (χ1n) is 3.04. The zero-order chi connectivity index (χ0) is 8.10. The van der Waals surface area contributed by atoms with Gasteiger partial charge in [-0.2, -0.15) is 0 Å². The van der Waals surface area contributed by atoms with Crippen LogP contribution in [0.5, 0.6) is 0 Å². The first-order chi connectivity index (χ1) is 5.29. The van der Waals surface area contributed by atoms with Gasteiger partial charge in [0.1, 0.15) is 0 Å². The van der Waals surface area contributed by atoms with Crippen LogP contribution in [0, 0.1) is 0 Å². The highest BCUT2D eigenvalue weighted by molar-refractivity contribution is 8.04. The second-order valence-electron chi connectivity index (χ2n) is 1.94. The van der Waals surface area contributed by atoms with Gasteiger partial charge in [0.25, 0.3) is 10.3 Å². The molecule has 0 saturated carbocycles. The minimum atomic E-state index is -1.69. The quantitative estimate of drug-likeness (QED) is 0.682. The van der Waals surface area contributed by atoms with Crippen molar-refractivity contribution in [2.75, 3.05) is 0 Å².